The number of carbonyl (C=O) groups is 2. The van der Waals surface area contributed by atoms with Gasteiger partial charge in [0.2, 0.25) is 5.78 Å². The van der Waals surface area contributed by atoms with Crippen molar-refractivity contribution in [2.24, 2.45) is 4.99 Å². The van der Waals surface area contributed by atoms with Gasteiger partial charge in [0.15, 0.2) is 0 Å². The molecule has 5 nitrogen and oxygen atoms in total. The van der Waals surface area contributed by atoms with Crippen molar-refractivity contribution in [1.82, 2.24) is 4.98 Å². The maximum Gasteiger partial charge on any atom is 0.418 e. The Balaban J connectivity index is 0.000000219. The van der Waals surface area contributed by atoms with Gasteiger partial charge in [0.1, 0.15) is 0 Å². The zero-order valence-corrected chi connectivity index (χ0v) is 11.3. The fraction of sp³-hybridized carbons (Fsp3) is 0.231. The number of amides is 1. The summed E-state index contributed by atoms with van der Waals surface area (Å²) in [6, 6.07) is 3.94. The number of nitrogens with zero attached hydrogens (tertiary/aromatic N) is 3. The highest BCUT2D eigenvalue weighted by Gasteiger charge is 2.35. The van der Waals surface area contributed by atoms with Crippen LogP contribution in [0.3, 0.4) is 0 Å². The number of halogens is 3. The molecule has 0 spiro atoms. The van der Waals surface area contributed by atoms with Gasteiger partial charge in [-0.25, -0.2) is 4.99 Å². The molecule has 0 aliphatic carbocycles. The van der Waals surface area contributed by atoms with E-state index in [-0.39, 0.29) is 6.08 Å². The van der Waals surface area contributed by atoms with Gasteiger partial charge in [-0.15, -0.1) is 0 Å². The van der Waals surface area contributed by atoms with Crippen LogP contribution < -0.4 is 4.90 Å². The first kappa shape index (κ1) is 16.5. The Bertz CT molecular complexity index is 578. The molecular weight excluding hydrogens is 287 g/mol. The van der Waals surface area contributed by atoms with Gasteiger partial charge in [-0.3, -0.25) is 14.6 Å². The number of anilines is 1. The molecule has 0 bridgehead atoms. The van der Waals surface area contributed by atoms with Gasteiger partial charge >= 0.3 is 12.1 Å². The van der Waals surface area contributed by atoms with Crippen LogP contribution in [-0.2, 0) is 9.59 Å². The summed E-state index contributed by atoms with van der Waals surface area (Å²) in [5.41, 5.74) is -0.0166. The van der Waals surface area contributed by atoms with E-state index in [2.05, 4.69) is 9.98 Å². The third-order valence-electron chi connectivity index (χ3n) is 2.32. The third-order valence-corrected chi connectivity index (χ3v) is 2.32. The van der Waals surface area contributed by atoms with Crippen molar-refractivity contribution < 1.29 is 22.8 Å². The molecule has 0 aromatic carbocycles. The van der Waals surface area contributed by atoms with Crippen molar-refractivity contribution in [1.29, 1.82) is 0 Å². The van der Waals surface area contributed by atoms with Crippen LogP contribution in [-0.4, -0.2) is 43.2 Å². The Kier molecular flexibility index (Phi) is 5.34. The van der Waals surface area contributed by atoms with E-state index in [1.54, 1.807) is 12.4 Å². The number of alkyl halides is 3. The maximum absolute atomic E-state index is 11.8. The van der Waals surface area contributed by atoms with Crippen molar-refractivity contribution in [3.63, 3.8) is 0 Å². The molecule has 112 valence electrons. The van der Waals surface area contributed by atoms with E-state index in [0.717, 1.165) is 0 Å². The van der Waals surface area contributed by atoms with Crippen LogP contribution in [0.4, 0.5) is 18.9 Å². The second-order valence-electron chi connectivity index (χ2n) is 4.12. The van der Waals surface area contributed by atoms with Gasteiger partial charge in [-0.1, -0.05) is 0 Å². The van der Waals surface area contributed by atoms with Crippen molar-refractivity contribution in [2.45, 2.75) is 6.18 Å². The van der Waals surface area contributed by atoms with Gasteiger partial charge in [0.25, 0.3) is 0 Å². The summed E-state index contributed by atoms with van der Waals surface area (Å²) in [5.74, 6) is -2.42. The average Bonchev–Trinajstić information content (AvgIpc) is 2.42. The molecule has 2 rings (SSSR count). The topological polar surface area (TPSA) is 62.6 Å². The monoisotopic (exact) mass is 299 g/mol. The maximum atomic E-state index is 11.8. The summed E-state index contributed by atoms with van der Waals surface area (Å²) in [7, 11) is 4.02. The van der Waals surface area contributed by atoms with Crippen LogP contribution >= 0.6 is 0 Å². The number of rotatable bonds is 1. The fourth-order valence-electron chi connectivity index (χ4n) is 1.23. The molecular formula is C13H12F3N3O2. The van der Waals surface area contributed by atoms with Crippen LogP contribution in [0.25, 0.3) is 0 Å². The van der Waals surface area contributed by atoms with E-state index in [1.165, 1.54) is 5.69 Å². The molecule has 21 heavy (non-hydrogen) atoms. The van der Waals surface area contributed by atoms with Crippen LogP contribution in [0.15, 0.2) is 41.2 Å². The fourth-order valence-corrected chi connectivity index (χ4v) is 1.23. The summed E-state index contributed by atoms with van der Waals surface area (Å²) < 4.78 is 35.5. The quantitative estimate of drug-likeness (QED) is 0.742. The third kappa shape index (κ3) is 5.17. The summed E-state index contributed by atoms with van der Waals surface area (Å²) >= 11 is 0. The first-order valence-electron chi connectivity index (χ1n) is 5.70. The number of aliphatic imine (C=N–C) groups is 1. The SMILES string of the molecule is CN(C)c1ccncc1.O=C1C=C(C(F)(F)F)C=NC1=O. The number of hydrogen-bond acceptors (Lipinski definition) is 4. The number of hydrogen-bond donors (Lipinski definition) is 0. The van der Waals surface area contributed by atoms with E-state index < -0.39 is 23.4 Å². The normalized spacial score (nSPS) is 14.2. The van der Waals surface area contributed by atoms with Gasteiger partial charge in [-0.05, 0) is 12.1 Å². The molecule has 0 fully saturated rings. The Morgan fingerprint density at radius 1 is 1.10 bits per heavy atom. The average molecular weight is 299 g/mol. The lowest BCUT2D eigenvalue weighted by Gasteiger charge is -2.10. The number of allylic oxidation sites excluding steroid dienone is 1. The summed E-state index contributed by atoms with van der Waals surface area (Å²) in [6.45, 7) is 0. The first-order chi connectivity index (χ1) is 9.71. The Labute approximate surface area is 118 Å². The molecule has 8 heteroatoms. The molecule has 0 unspecified atom stereocenters. The van der Waals surface area contributed by atoms with Crippen molar-refractivity contribution in [2.75, 3.05) is 19.0 Å². The molecule has 0 saturated heterocycles. The summed E-state index contributed by atoms with van der Waals surface area (Å²) in [4.78, 5) is 29.4. The number of pyridine rings is 1. The number of dihydropyridines is 1. The van der Waals surface area contributed by atoms with Crippen LogP contribution in [0.1, 0.15) is 0 Å². The van der Waals surface area contributed by atoms with Gasteiger partial charge in [0.05, 0.1) is 5.57 Å². The minimum absolute atomic E-state index is 0.231. The van der Waals surface area contributed by atoms with Crippen molar-refractivity contribution in [3.8, 4) is 0 Å². The molecule has 1 amide bonds. The minimum atomic E-state index is -4.63. The van der Waals surface area contributed by atoms with E-state index in [1.807, 2.05) is 31.1 Å². The predicted octanol–water partition coefficient (Wildman–Crippen LogP) is 1.80. The molecule has 2 heterocycles. The predicted molar refractivity (Wildman–Crippen MR) is 71.2 cm³/mol. The van der Waals surface area contributed by atoms with Gasteiger partial charge in [0, 0.05) is 44.5 Å². The second kappa shape index (κ2) is 6.78. The highest BCUT2D eigenvalue weighted by molar-refractivity contribution is 6.44. The van der Waals surface area contributed by atoms with Crippen molar-refractivity contribution >= 4 is 23.6 Å². The standard InChI is InChI=1S/C7H10N2.C6H2F3NO2/c1-9(2)7-3-5-8-6-4-7;7-6(8,9)3-1-4(11)5(12)10-2-3/h3-6H,1-2H3;1-2H. The Morgan fingerprint density at radius 2 is 1.67 bits per heavy atom. The Hall–Kier alpha value is -2.51. The van der Waals surface area contributed by atoms with Crippen LogP contribution in [0.5, 0.6) is 0 Å². The van der Waals surface area contributed by atoms with E-state index in [0.29, 0.717) is 6.21 Å². The first-order valence-corrected chi connectivity index (χ1v) is 5.70. The molecule has 1 aliphatic heterocycles. The molecule has 1 aliphatic rings. The molecule has 0 saturated carbocycles. The van der Waals surface area contributed by atoms with E-state index >= 15 is 0 Å². The zero-order chi connectivity index (χ0) is 16.0. The zero-order valence-electron chi connectivity index (χ0n) is 11.3. The lowest BCUT2D eigenvalue weighted by atomic mass is 10.1. The Morgan fingerprint density at radius 3 is 2.05 bits per heavy atom. The summed E-state index contributed by atoms with van der Waals surface area (Å²) in [6.07, 6.45) is -0.483. The largest absolute Gasteiger partial charge is 0.418 e. The van der Waals surface area contributed by atoms with E-state index in [9.17, 15) is 22.8 Å². The van der Waals surface area contributed by atoms with Gasteiger partial charge < -0.3 is 4.90 Å². The lowest BCUT2D eigenvalue weighted by Crippen LogP contribution is -2.22. The molecule has 0 radical (unpaired) electrons. The molecule has 1 aromatic heterocycles. The van der Waals surface area contributed by atoms with Crippen molar-refractivity contribution in [3.05, 3.63) is 36.2 Å². The number of ketones is 1. The van der Waals surface area contributed by atoms with Crippen LogP contribution in [0.2, 0.25) is 0 Å². The molecule has 0 N–H and O–H groups in total. The highest BCUT2D eigenvalue weighted by atomic mass is 19.4. The minimum Gasteiger partial charge on any atom is -0.378 e. The summed E-state index contributed by atoms with van der Waals surface area (Å²) in [5, 5.41) is 0. The number of aromatic nitrogens is 1. The lowest BCUT2D eigenvalue weighted by molar-refractivity contribution is -0.133. The van der Waals surface area contributed by atoms with E-state index in [4.69, 9.17) is 0 Å². The number of carbonyl (C=O) groups excluding carboxylic acids is 2. The van der Waals surface area contributed by atoms with Gasteiger partial charge in [-0.2, -0.15) is 13.2 Å². The smallest absolute Gasteiger partial charge is 0.378 e. The molecule has 0 atom stereocenters. The second-order valence-corrected chi connectivity index (χ2v) is 4.12. The van der Waals surface area contributed by atoms with Crippen LogP contribution in [0, 0.1) is 0 Å². The highest BCUT2D eigenvalue weighted by Crippen LogP contribution is 2.25. The molecule has 1 aromatic rings.